The summed E-state index contributed by atoms with van der Waals surface area (Å²) in [5, 5.41) is 9.16. The minimum Gasteiger partial charge on any atom is -0.336 e. The monoisotopic (exact) mass is 376 g/mol. The molecule has 0 aromatic heterocycles. The van der Waals surface area contributed by atoms with Crippen molar-refractivity contribution in [3.8, 4) is 6.07 Å². The second-order valence-electron chi connectivity index (χ2n) is 8.39. The van der Waals surface area contributed by atoms with Crippen LogP contribution in [-0.2, 0) is 4.79 Å². The highest BCUT2D eigenvalue weighted by Gasteiger charge is 2.32. The van der Waals surface area contributed by atoms with Gasteiger partial charge in [-0.2, -0.15) is 5.26 Å². The van der Waals surface area contributed by atoms with Gasteiger partial charge in [-0.1, -0.05) is 66.2 Å². The van der Waals surface area contributed by atoms with Crippen LogP contribution in [0.25, 0.3) is 0 Å². The number of benzene rings is 2. The van der Waals surface area contributed by atoms with Gasteiger partial charge in [-0.25, -0.2) is 0 Å². The molecule has 0 radical (unpaired) electrons. The number of carbonyl (C=O) groups excluding carboxylic acids is 1. The third-order valence-corrected chi connectivity index (χ3v) is 5.36. The lowest BCUT2D eigenvalue weighted by Gasteiger charge is -2.37. The van der Waals surface area contributed by atoms with E-state index in [1.165, 1.54) is 11.1 Å². The van der Waals surface area contributed by atoms with Crippen LogP contribution < -0.4 is 0 Å². The molecule has 3 heteroatoms. The normalized spacial score (nSPS) is 17.9. The van der Waals surface area contributed by atoms with E-state index >= 15 is 0 Å². The van der Waals surface area contributed by atoms with Crippen LogP contribution >= 0.6 is 0 Å². The summed E-state index contributed by atoms with van der Waals surface area (Å²) in [6.45, 7) is 8.88. The van der Waals surface area contributed by atoms with Crippen molar-refractivity contribution in [2.45, 2.75) is 53.0 Å². The van der Waals surface area contributed by atoms with Crippen LogP contribution in [0.4, 0.5) is 0 Å². The molecule has 0 bridgehead atoms. The maximum atomic E-state index is 12.5. The van der Waals surface area contributed by atoms with Gasteiger partial charge in [0.2, 0.25) is 5.91 Å². The average molecular weight is 377 g/mol. The predicted molar refractivity (Wildman–Crippen MR) is 114 cm³/mol. The Bertz CT molecular complexity index is 748. The summed E-state index contributed by atoms with van der Waals surface area (Å²) in [5.41, 5.74) is 2.09. The number of likely N-dealkylation sites (tertiary alicyclic amines) is 1. The molecule has 148 valence electrons. The first-order chi connectivity index (χ1) is 13.3. The van der Waals surface area contributed by atoms with Crippen molar-refractivity contribution in [3.05, 3.63) is 71.8 Å². The van der Waals surface area contributed by atoms with Gasteiger partial charge in [-0.3, -0.25) is 4.79 Å². The van der Waals surface area contributed by atoms with Crippen molar-refractivity contribution >= 4 is 5.91 Å². The van der Waals surface area contributed by atoms with Gasteiger partial charge in [-0.05, 0) is 52.0 Å². The number of nitrogens with zero attached hydrogens (tertiary/aromatic N) is 2. The summed E-state index contributed by atoms with van der Waals surface area (Å²) in [4.78, 5) is 14.5. The molecule has 0 N–H and O–H groups in total. The summed E-state index contributed by atoms with van der Waals surface area (Å²) in [6.07, 6.45) is 2.37. The molecule has 1 amide bonds. The molecule has 3 rings (SSSR count). The molecular formula is C25H32N2O. The van der Waals surface area contributed by atoms with E-state index in [0.717, 1.165) is 19.4 Å². The average Bonchev–Trinajstić information content (AvgIpc) is 2.70. The van der Waals surface area contributed by atoms with Crippen LogP contribution in [0.5, 0.6) is 0 Å². The molecule has 1 heterocycles. The largest absolute Gasteiger partial charge is 0.336 e. The summed E-state index contributed by atoms with van der Waals surface area (Å²) in [7, 11) is 0. The van der Waals surface area contributed by atoms with Gasteiger partial charge in [0.25, 0.3) is 0 Å². The van der Waals surface area contributed by atoms with Crippen LogP contribution in [0.1, 0.15) is 57.2 Å². The molecule has 1 aliphatic rings. The summed E-state index contributed by atoms with van der Waals surface area (Å²) in [6, 6.07) is 22.9. The Hall–Kier alpha value is -2.60. The van der Waals surface area contributed by atoms with E-state index < -0.39 is 0 Å². The quantitative estimate of drug-likeness (QED) is 0.664. The summed E-state index contributed by atoms with van der Waals surface area (Å²) < 4.78 is 0. The first-order valence-electron chi connectivity index (χ1n) is 10.1. The van der Waals surface area contributed by atoms with Gasteiger partial charge in [-0.15, -0.1) is 0 Å². The molecule has 28 heavy (non-hydrogen) atoms. The molecule has 0 saturated carbocycles. The first-order valence-corrected chi connectivity index (χ1v) is 10.1. The van der Waals surface area contributed by atoms with E-state index in [-0.39, 0.29) is 17.4 Å². The Kier molecular flexibility index (Phi) is 7.81. The fourth-order valence-electron chi connectivity index (χ4n) is 3.67. The zero-order valence-corrected chi connectivity index (χ0v) is 17.6. The molecule has 0 aliphatic carbocycles. The Labute approximate surface area is 170 Å². The molecule has 1 aliphatic heterocycles. The maximum Gasteiger partial charge on any atom is 0.223 e. The lowest BCUT2D eigenvalue weighted by molar-refractivity contribution is -0.137. The smallest absolute Gasteiger partial charge is 0.223 e. The zero-order chi connectivity index (χ0) is 20.6. The van der Waals surface area contributed by atoms with E-state index in [9.17, 15) is 4.79 Å². The standard InChI is InChI=1S/C19H26N2O.C6H6/c1-14-5-7-17(8-6-14)15(2)21-10-9-16(11-18(21)22)12-19(3,4)13-20;1-2-4-6-5-3-1/h5-8,15-16H,9-12H2,1-4H3;1-6H. The van der Waals surface area contributed by atoms with E-state index in [4.69, 9.17) is 5.26 Å². The highest BCUT2D eigenvalue weighted by Crippen LogP contribution is 2.34. The number of hydrogen-bond donors (Lipinski definition) is 0. The van der Waals surface area contributed by atoms with Crippen molar-refractivity contribution in [1.82, 2.24) is 4.90 Å². The van der Waals surface area contributed by atoms with Crippen molar-refractivity contribution in [3.63, 3.8) is 0 Å². The van der Waals surface area contributed by atoms with Gasteiger partial charge in [0.1, 0.15) is 0 Å². The number of carbonyl (C=O) groups is 1. The lowest BCUT2D eigenvalue weighted by Crippen LogP contribution is -2.41. The van der Waals surface area contributed by atoms with Crippen molar-refractivity contribution < 1.29 is 4.79 Å². The van der Waals surface area contributed by atoms with Gasteiger partial charge in [0, 0.05) is 13.0 Å². The third-order valence-electron chi connectivity index (χ3n) is 5.36. The van der Waals surface area contributed by atoms with E-state index in [1.54, 1.807) is 0 Å². The SMILES string of the molecule is Cc1ccc(C(C)N2CCC(CC(C)(C)C#N)CC2=O)cc1.c1ccccc1. The second-order valence-corrected chi connectivity index (χ2v) is 8.39. The molecule has 2 atom stereocenters. The van der Waals surface area contributed by atoms with E-state index in [2.05, 4.69) is 44.2 Å². The van der Waals surface area contributed by atoms with Crippen LogP contribution in [0, 0.1) is 29.6 Å². The molecule has 3 nitrogen and oxygen atoms in total. The summed E-state index contributed by atoms with van der Waals surface area (Å²) in [5.74, 6) is 0.557. The Morgan fingerprint density at radius 3 is 2.11 bits per heavy atom. The highest BCUT2D eigenvalue weighted by molar-refractivity contribution is 5.77. The number of piperidine rings is 1. The van der Waals surface area contributed by atoms with E-state index in [1.807, 2.05) is 55.1 Å². The zero-order valence-electron chi connectivity index (χ0n) is 17.6. The van der Waals surface area contributed by atoms with Crippen LogP contribution in [0.2, 0.25) is 0 Å². The first kappa shape index (κ1) is 21.7. The van der Waals surface area contributed by atoms with Crippen LogP contribution in [0.15, 0.2) is 60.7 Å². The van der Waals surface area contributed by atoms with Gasteiger partial charge in [0.05, 0.1) is 17.5 Å². The Balaban J connectivity index is 0.000000397. The van der Waals surface area contributed by atoms with E-state index in [0.29, 0.717) is 12.3 Å². The highest BCUT2D eigenvalue weighted by atomic mass is 16.2. The molecule has 1 fully saturated rings. The Morgan fingerprint density at radius 1 is 1.11 bits per heavy atom. The van der Waals surface area contributed by atoms with Crippen molar-refractivity contribution in [2.24, 2.45) is 11.3 Å². The second kappa shape index (κ2) is 10.1. The van der Waals surface area contributed by atoms with Crippen molar-refractivity contribution in [2.75, 3.05) is 6.54 Å². The van der Waals surface area contributed by atoms with Crippen LogP contribution in [-0.4, -0.2) is 17.4 Å². The number of amides is 1. The Morgan fingerprint density at radius 2 is 1.64 bits per heavy atom. The molecule has 2 unspecified atom stereocenters. The molecule has 2 aromatic rings. The number of hydrogen-bond acceptors (Lipinski definition) is 2. The predicted octanol–water partition coefficient (Wildman–Crippen LogP) is 5.92. The fourth-order valence-corrected chi connectivity index (χ4v) is 3.67. The summed E-state index contributed by atoms with van der Waals surface area (Å²) >= 11 is 0. The number of rotatable bonds is 4. The van der Waals surface area contributed by atoms with Gasteiger partial charge < -0.3 is 4.90 Å². The topological polar surface area (TPSA) is 44.1 Å². The van der Waals surface area contributed by atoms with Gasteiger partial charge >= 0.3 is 0 Å². The minimum atomic E-state index is -0.338. The fraction of sp³-hybridized carbons (Fsp3) is 0.440. The third kappa shape index (κ3) is 6.53. The molecule has 1 saturated heterocycles. The molecule has 2 aromatic carbocycles. The maximum absolute atomic E-state index is 12.5. The minimum absolute atomic E-state index is 0.123. The van der Waals surface area contributed by atoms with Crippen LogP contribution in [0.3, 0.4) is 0 Å². The molecular weight excluding hydrogens is 344 g/mol. The lowest BCUT2D eigenvalue weighted by atomic mass is 9.79. The van der Waals surface area contributed by atoms with Crippen molar-refractivity contribution in [1.29, 1.82) is 5.26 Å². The molecule has 0 spiro atoms. The van der Waals surface area contributed by atoms with Gasteiger partial charge in [0.15, 0.2) is 0 Å². The number of aryl methyl sites for hydroxylation is 1. The number of nitriles is 1.